The van der Waals surface area contributed by atoms with Crippen LogP contribution in [0.25, 0.3) is 0 Å². The molecule has 0 fully saturated rings. The zero-order valence-electron chi connectivity index (χ0n) is 15.2. The van der Waals surface area contributed by atoms with Gasteiger partial charge in [0.2, 0.25) is 0 Å². The lowest BCUT2D eigenvalue weighted by Gasteiger charge is -2.07. The summed E-state index contributed by atoms with van der Waals surface area (Å²) in [6.45, 7) is 6.53. The van der Waals surface area contributed by atoms with Crippen LogP contribution in [-0.2, 0) is 12.3 Å². The Kier molecular flexibility index (Phi) is 6.90. The van der Waals surface area contributed by atoms with Crippen LogP contribution in [0.2, 0.25) is 0 Å². The Labute approximate surface area is 168 Å². The number of hydrogen-bond acceptors (Lipinski definition) is 5. The van der Waals surface area contributed by atoms with Gasteiger partial charge in [0.15, 0.2) is 10.9 Å². The summed E-state index contributed by atoms with van der Waals surface area (Å²) >= 11 is 3.14. The van der Waals surface area contributed by atoms with Crippen LogP contribution in [0.4, 0.5) is 0 Å². The topological polar surface area (TPSA) is 47.8 Å². The van der Waals surface area contributed by atoms with Gasteiger partial charge < -0.3 is 4.57 Å². The van der Waals surface area contributed by atoms with Gasteiger partial charge >= 0.3 is 0 Å². The normalized spacial score (nSPS) is 10.7. The average molecular weight is 396 g/mol. The first-order valence-corrected chi connectivity index (χ1v) is 10.6. The van der Waals surface area contributed by atoms with E-state index in [-0.39, 0.29) is 5.78 Å². The summed E-state index contributed by atoms with van der Waals surface area (Å²) < 4.78 is 2.02. The number of nitrogens with zero attached hydrogens (tertiary/aromatic N) is 3. The van der Waals surface area contributed by atoms with Crippen LogP contribution in [0.3, 0.4) is 0 Å². The molecule has 0 N–H and O–H groups in total. The van der Waals surface area contributed by atoms with Crippen LogP contribution in [-0.4, -0.2) is 26.3 Å². The van der Waals surface area contributed by atoms with E-state index in [9.17, 15) is 4.79 Å². The fourth-order valence-electron chi connectivity index (χ4n) is 2.46. The minimum atomic E-state index is 0.0873. The number of Topliss-reactive ketones (excluding diaryl/α,β-unsaturated/α-hetero) is 1. The molecule has 0 spiro atoms. The molecule has 0 radical (unpaired) electrons. The summed E-state index contributed by atoms with van der Waals surface area (Å²) in [5.74, 6) is 2.03. The van der Waals surface area contributed by atoms with Crippen LogP contribution in [0.15, 0.2) is 77.3 Å². The largest absolute Gasteiger partial charge is 0.301 e. The molecule has 1 heterocycles. The molecule has 3 aromatic rings. The Morgan fingerprint density at radius 3 is 2.52 bits per heavy atom. The molecule has 0 atom stereocenters. The fraction of sp³-hybridized carbons (Fsp3) is 0.190. The maximum atomic E-state index is 12.3. The highest BCUT2D eigenvalue weighted by molar-refractivity contribution is 7.99. The van der Waals surface area contributed by atoms with Crippen molar-refractivity contribution in [1.29, 1.82) is 0 Å². The van der Waals surface area contributed by atoms with Crippen molar-refractivity contribution in [3.05, 3.63) is 84.2 Å². The number of allylic oxidation sites excluding steroid dienone is 1. The summed E-state index contributed by atoms with van der Waals surface area (Å²) in [5.41, 5.74) is 1.96. The molecule has 0 aliphatic heterocycles. The minimum absolute atomic E-state index is 0.0873. The van der Waals surface area contributed by atoms with Crippen molar-refractivity contribution in [3.63, 3.8) is 0 Å². The molecule has 0 amide bonds. The van der Waals surface area contributed by atoms with E-state index in [1.165, 1.54) is 22.2 Å². The zero-order valence-corrected chi connectivity index (χ0v) is 16.8. The molecule has 0 aliphatic carbocycles. The van der Waals surface area contributed by atoms with E-state index in [1.807, 2.05) is 41.0 Å². The standard InChI is InChI=1S/C21H21N3OS2/c1-3-13-24-20(15-26-18-11-9-16(2)10-12-18)22-23-21(24)27-14-19(25)17-7-5-4-6-8-17/h3-12H,1,13-15H2,2H3. The second kappa shape index (κ2) is 9.58. The first-order valence-electron chi connectivity index (χ1n) is 8.61. The Bertz CT molecular complexity index is 905. The number of aromatic nitrogens is 3. The summed E-state index contributed by atoms with van der Waals surface area (Å²) in [6, 6.07) is 17.8. The molecule has 4 nitrogen and oxygen atoms in total. The van der Waals surface area contributed by atoms with Crippen molar-refractivity contribution in [2.75, 3.05) is 5.75 Å². The highest BCUT2D eigenvalue weighted by atomic mass is 32.2. The molecule has 0 aliphatic rings. The van der Waals surface area contributed by atoms with Gasteiger partial charge in [-0.2, -0.15) is 0 Å². The summed E-state index contributed by atoms with van der Waals surface area (Å²) in [6.07, 6.45) is 1.83. The highest BCUT2D eigenvalue weighted by Crippen LogP contribution is 2.25. The van der Waals surface area contributed by atoms with E-state index in [0.29, 0.717) is 12.3 Å². The predicted octanol–water partition coefficient (Wildman–Crippen LogP) is 5.04. The SMILES string of the molecule is C=CCn1c(CSc2ccc(C)cc2)nnc1SCC(=O)c1ccccc1. The molecule has 0 saturated carbocycles. The highest BCUT2D eigenvalue weighted by Gasteiger charge is 2.14. The van der Waals surface area contributed by atoms with Gasteiger partial charge in [-0.25, -0.2) is 0 Å². The van der Waals surface area contributed by atoms with Crippen LogP contribution in [0.5, 0.6) is 0 Å². The molecule has 1 aromatic heterocycles. The molecule has 0 saturated heterocycles. The molecule has 0 unspecified atom stereocenters. The lowest BCUT2D eigenvalue weighted by molar-refractivity contribution is 0.102. The van der Waals surface area contributed by atoms with E-state index in [2.05, 4.69) is 48.0 Å². The van der Waals surface area contributed by atoms with Crippen molar-refractivity contribution in [2.45, 2.75) is 29.3 Å². The first kappa shape index (κ1) is 19.5. The molecule has 6 heteroatoms. The van der Waals surface area contributed by atoms with Gasteiger partial charge in [0.05, 0.1) is 11.5 Å². The van der Waals surface area contributed by atoms with E-state index in [0.717, 1.165) is 22.3 Å². The van der Waals surface area contributed by atoms with Crippen molar-refractivity contribution in [3.8, 4) is 0 Å². The number of carbonyl (C=O) groups is 1. The number of hydrogen-bond donors (Lipinski definition) is 0. The van der Waals surface area contributed by atoms with Gasteiger partial charge in [0.1, 0.15) is 5.82 Å². The van der Waals surface area contributed by atoms with Gasteiger partial charge in [-0.15, -0.1) is 28.5 Å². The maximum absolute atomic E-state index is 12.3. The molecular formula is C21H21N3OS2. The van der Waals surface area contributed by atoms with Crippen molar-refractivity contribution < 1.29 is 4.79 Å². The van der Waals surface area contributed by atoms with Crippen LogP contribution in [0.1, 0.15) is 21.7 Å². The summed E-state index contributed by atoms with van der Waals surface area (Å²) in [7, 11) is 0. The monoisotopic (exact) mass is 395 g/mol. The molecule has 138 valence electrons. The lowest BCUT2D eigenvalue weighted by atomic mass is 10.2. The van der Waals surface area contributed by atoms with Crippen molar-refractivity contribution >= 4 is 29.3 Å². The second-order valence-electron chi connectivity index (χ2n) is 5.98. The first-order chi connectivity index (χ1) is 13.2. The van der Waals surface area contributed by atoms with Gasteiger partial charge in [-0.3, -0.25) is 4.79 Å². The fourth-order valence-corrected chi connectivity index (χ4v) is 4.16. The second-order valence-corrected chi connectivity index (χ2v) is 7.97. The number of carbonyl (C=O) groups excluding carboxylic acids is 1. The smallest absolute Gasteiger partial charge is 0.191 e. The summed E-state index contributed by atoms with van der Waals surface area (Å²) in [5, 5.41) is 9.37. The maximum Gasteiger partial charge on any atom is 0.191 e. The van der Waals surface area contributed by atoms with E-state index in [1.54, 1.807) is 11.8 Å². The Balaban J connectivity index is 1.66. The van der Waals surface area contributed by atoms with Gasteiger partial charge in [0, 0.05) is 17.0 Å². The molecule has 27 heavy (non-hydrogen) atoms. The van der Waals surface area contributed by atoms with Gasteiger partial charge in [-0.1, -0.05) is 65.9 Å². The number of thioether (sulfide) groups is 2. The quantitative estimate of drug-likeness (QED) is 0.289. The predicted molar refractivity (Wildman–Crippen MR) is 112 cm³/mol. The Hall–Kier alpha value is -2.31. The van der Waals surface area contributed by atoms with E-state index < -0.39 is 0 Å². The van der Waals surface area contributed by atoms with Crippen LogP contribution in [0, 0.1) is 6.92 Å². The van der Waals surface area contributed by atoms with Crippen LogP contribution >= 0.6 is 23.5 Å². The van der Waals surface area contributed by atoms with Crippen molar-refractivity contribution in [1.82, 2.24) is 14.8 Å². The van der Waals surface area contributed by atoms with E-state index in [4.69, 9.17) is 0 Å². The third-order valence-electron chi connectivity index (χ3n) is 3.92. The van der Waals surface area contributed by atoms with Gasteiger partial charge in [0.25, 0.3) is 0 Å². The average Bonchev–Trinajstić information content (AvgIpc) is 3.08. The third-order valence-corrected chi connectivity index (χ3v) is 5.90. The van der Waals surface area contributed by atoms with Gasteiger partial charge in [-0.05, 0) is 19.1 Å². The Morgan fingerprint density at radius 2 is 1.81 bits per heavy atom. The number of aryl methyl sites for hydroxylation is 1. The zero-order chi connectivity index (χ0) is 19.1. The molecule has 2 aromatic carbocycles. The number of rotatable bonds is 9. The molecule has 3 rings (SSSR count). The minimum Gasteiger partial charge on any atom is -0.301 e. The number of benzene rings is 2. The molecular weight excluding hydrogens is 374 g/mol. The third kappa shape index (κ3) is 5.34. The molecule has 0 bridgehead atoms. The summed E-state index contributed by atoms with van der Waals surface area (Å²) in [4.78, 5) is 13.5. The Morgan fingerprint density at radius 1 is 1.07 bits per heavy atom. The van der Waals surface area contributed by atoms with Crippen molar-refractivity contribution in [2.24, 2.45) is 0 Å². The lowest BCUT2D eigenvalue weighted by Crippen LogP contribution is -2.06. The van der Waals surface area contributed by atoms with Crippen LogP contribution < -0.4 is 0 Å². The van der Waals surface area contributed by atoms with E-state index >= 15 is 0 Å². The number of ketones is 1.